The maximum atomic E-state index is 12.5. The Morgan fingerprint density at radius 2 is 0.844 bits per heavy atom. The van der Waals surface area contributed by atoms with Crippen LogP contribution < -0.4 is 11.5 Å². The number of nitrogens with zero attached hydrogens (tertiary/aromatic N) is 2. The number of amides is 2. The van der Waals surface area contributed by atoms with E-state index in [1.54, 1.807) is 0 Å². The van der Waals surface area contributed by atoms with Gasteiger partial charge in [-0.2, -0.15) is 0 Å². The highest BCUT2D eigenvalue weighted by atomic mass is 16.2. The number of carbonyl (C=O) groups excluding carboxylic acids is 2. The molecule has 2 amide bonds. The summed E-state index contributed by atoms with van der Waals surface area (Å²) in [6, 6.07) is 0.540. The molecule has 0 unspecified atom stereocenters. The van der Waals surface area contributed by atoms with Gasteiger partial charge in [-0.15, -0.1) is 0 Å². The second-order valence-electron chi connectivity index (χ2n) is 9.68. The molecule has 0 atom stereocenters. The third-order valence-corrected chi connectivity index (χ3v) is 6.12. The molecule has 0 bridgehead atoms. The van der Waals surface area contributed by atoms with E-state index in [1.165, 1.54) is 12.8 Å². The summed E-state index contributed by atoms with van der Waals surface area (Å²) in [6.07, 6.45) is 14.2. The van der Waals surface area contributed by atoms with Crippen molar-refractivity contribution in [2.24, 2.45) is 11.5 Å². The Labute approximate surface area is 198 Å². The normalized spacial score (nSPS) is 11.4. The maximum Gasteiger partial charge on any atom is 0.222 e. The van der Waals surface area contributed by atoms with E-state index >= 15 is 0 Å². The third-order valence-electron chi connectivity index (χ3n) is 6.12. The van der Waals surface area contributed by atoms with Crippen LogP contribution in [0.25, 0.3) is 0 Å². The van der Waals surface area contributed by atoms with Gasteiger partial charge in [0.2, 0.25) is 11.8 Å². The Morgan fingerprint density at radius 1 is 0.531 bits per heavy atom. The van der Waals surface area contributed by atoms with Crippen LogP contribution in [0, 0.1) is 0 Å². The minimum atomic E-state index is 0.270. The predicted octanol–water partition coefficient (Wildman–Crippen LogP) is 4.84. The lowest BCUT2D eigenvalue weighted by Crippen LogP contribution is -2.37. The van der Waals surface area contributed by atoms with Crippen molar-refractivity contribution in [1.82, 2.24) is 9.80 Å². The molecule has 6 nitrogen and oxygen atoms in total. The molecule has 0 fully saturated rings. The van der Waals surface area contributed by atoms with Gasteiger partial charge >= 0.3 is 0 Å². The molecule has 6 heteroatoms. The van der Waals surface area contributed by atoms with Crippen LogP contribution in [0.2, 0.25) is 0 Å². The SMILES string of the molecule is CC(C)N(CCCCCCCCN(C(=O)CCCCCN)C(C)C)C(=O)CCCCCN. The lowest BCUT2D eigenvalue weighted by Gasteiger charge is -2.27. The Hall–Kier alpha value is -1.14. The maximum absolute atomic E-state index is 12.5. The molecule has 0 spiro atoms. The average Bonchev–Trinajstić information content (AvgIpc) is 2.74. The molecule has 0 aromatic heterocycles. The predicted molar refractivity (Wildman–Crippen MR) is 136 cm³/mol. The van der Waals surface area contributed by atoms with Crippen molar-refractivity contribution >= 4 is 11.8 Å². The summed E-state index contributed by atoms with van der Waals surface area (Å²) in [7, 11) is 0. The van der Waals surface area contributed by atoms with Crippen molar-refractivity contribution in [3.8, 4) is 0 Å². The quantitative estimate of drug-likeness (QED) is 0.243. The van der Waals surface area contributed by atoms with Crippen molar-refractivity contribution < 1.29 is 9.59 Å². The molecular weight excluding hydrogens is 400 g/mol. The Morgan fingerprint density at radius 3 is 1.16 bits per heavy atom. The lowest BCUT2D eigenvalue weighted by atomic mass is 10.1. The molecule has 0 rings (SSSR count). The number of hydrogen-bond acceptors (Lipinski definition) is 4. The number of carbonyl (C=O) groups is 2. The monoisotopic (exact) mass is 454 g/mol. The first-order valence-electron chi connectivity index (χ1n) is 13.3. The van der Waals surface area contributed by atoms with Crippen LogP contribution in [0.3, 0.4) is 0 Å². The summed E-state index contributed by atoms with van der Waals surface area (Å²) in [5.74, 6) is 0.581. The van der Waals surface area contributed by atoms with Gasteiger partial charge in [0.1, 0.15) is 0 Å². The lowest BCUT2D eigenvalue weighted by molar-refractivity contribution is -0.134. The van der Waals surface area contributed by atoms with Crippen LogP contribution in [-0.4, -0.2) is 59.9 Å². The second-order valence-corrected chi connectivity index (χ2v) is 9.68. The average molecular weight is 455 g/mol. The van der Waals surface area contributed by atoms with E-state index in [1.807, 2.05) is 9.80 Å². The summed E-state index contributed by atoms with van der Waals surface area (Å²) in [6.45, 7) is 11.6. The van der Waals surface area contributed by atoms with E-state index in [0.29, 0.717) is 37.7 Å². The van der Waals surface area contributed by atoms with E-state index < -0.39 is 0 Å². The van der Waals surface area contributed by atoms with Crippen LogP contribution in [-0.2, 0) is 9.59 Å². The molecule has 0 saturated carbocycles. The fourth-order valence-electron chi connectivity index (χ4n) is 4.10. The first-order chi connectivity index (χ1) is 15.3. The third kappa shape index (κ3) is 15.6. The summed E-state index contributed by atoms with van der Waals surface area (Å²) in [4.78, 5) is 29.1. The molecule has 4 N–H and O–H groups in total. The standard InChI is InChI=1S/C26H54N4O2/c1-23(2)29(25(31)17-11-9-13-19-27)21-15-7-5-6-8-16-22-30(24(3)4)26(32)18-12-10-14-20-28/h23-24H,5-22,27-28H2,1-4H3. The molecule has 0 saturated heterocycles. The zero-order valence-electron chi connectivity index (χ0n) is 21.7. The smallest absolute Gasteiger partial charge is 0.222 e. The van der Waals surface area contributed by atoms with Gasteiger partial charge in [-0.05, 0) is 79.3 Å². The van der Waals surface area contributed by atoms with E-state index in [0.717, 1.165) is 77.3 Å². The number of rotatable bonds is 21. The fraction of sp³-hybridized carbons (Fsp3) is 0.923. The summed E-state index contributed by atoms with van der Waals surface area (Å²) in [5, 5.41) is 0. The number of unbranched alkanes of at least 4 members (excludes halogenated alkanes) is 9. The molecule has 0 aliphatic carbocycles. The minimum Gasteiger partial charge on any atom is -0.340 e. The highest BCUT2D eigenvalue weighted by molar-refractivity contribution is 5.76. The van der Waals surface area contributed by atoms with Crippen molar-refractivity contribution in [2.75, 3.05) is 26.2 Å². The number of nitrogens with two attached hydrogens (primary N) is 2. The Kier molecular flexibility index (Phi) is 19.7. The van der Waals surface area contributed by atoms with Gasteiger partial charge in [-0.3, -0.25) is 9.59 Å². The van der Waals surface area contributed by atoms with Crippen molar-refractivity contribution in [2.45, 2.75) is 130 Å². The second kappa shape index (κ2) is 20.5. The van der Waals surface area contributed by atoms with E-state index in [2.05, 4.69) is 27.7 Å². The van der Waals surface area contributed by atoms with Gasteiger partial charge in [0.15, 0.2) is 0 Å². The van der Waals surface area contributed by atoms with Crippen LogP contribution in [0.1, 0.15) is 118 Å². The largest absolute Gasteiger partial charge is 0.340 e. The van der Waals surface area contributed by atoms with E-state index in [9.17, 15) is 9.59 Å². The molecular formula is C26H54N4O2. The molecule has 0 aliphatic rings. The number of hydrogen-bond donors (Lipinski definition) is 2. The van der Waals surface area contributed by atoms with Gasteiger partial charge in [0, 0.05) is 38.0 Å². The molecule has 32 heavy (non-hydrogen) atoms. The molecule has 0 aromatic rings. The summed E-state index contributed by atoms with van der Waals surface area (Å²) in [5.41, 5.74) is 11.1. The van der Waals surface area contributed by atoms with E-state index in [4.69, 9.17) is 11.5 Å². The van der Waals surface area contributed by atoms with Gasteiger partial charge in [-0.1, -0.05) is 38.5 Å². The van der Waals surface area contributed by atoms with E-state index in [-0.39, 0.29) is 12.1 Å². The molecule has 0 aliphatic heterocycles. The first kappa shape index (κ1) is 30.9. The van der Waals surface area contributed by atoms with Gasteiger partial charge in [-0.25, -0.2) is 0 Å². The topological polar surface area (TPSA) is 92.7 Å². The van der Waals surface area contributed by atoms with Crippen LogP contribution in [0.15, 0.2) is 0 Å². The summed E-state index contributed by atoms with van der Waals surface area (Å²) < 4.78 is 0. The molecule has 190 valence electrons. The van der Waals surface area contributed by atoms with Crippen molar-refractivity contribution in [3.63, 3.8) is 0 Å². The summed E-state index contributed by atoms with van der Waals surface area (Å²) >= 11 is 0. The van der Waals surface area contributed by atoms with Crippen molar-refractivity contribution in [3.05, 3.63) is 0 Å². The Balaban J connectivity index is 3.98. The van der Waals surface area contributed by atoms with Crippen LogP contribution in [0.5, 0.6) is 0 Å². The van der Waals surface area contributed by atoms with Gasteiger partial charge in [0.25, 0.3) is 0 Å². The zero-order valence-corrected chi connectivity index (χ0v) is 21.7. The van der Waals surface area contributed by atoms with Crippen LogP contribution in [0.4, 0.5) is 0 Å². The highest BCUT2D eigenvalue weighted by Gasteiger charge is 2.17. The van der Waals surface area contributed by atoms with Crippen molar-refractivity contribution in [1.29, 1.82) is 0 Å². The molecule has 0 heterocycles. The minimum absolute atomic E-state index is 0.270. The Bertz CT molecular complexity index is 427. The molecule has 0 aromatic carbocycles. The van der Waals surface area contributed by atoms with Gasteiger partial charge in [0.05, 0.1) is 0 Å². The van der Waals surface area contributed by atoms with Gasteiger partial charge < -0.3 is 21.3 Å². The highest BCUT2D eigenvalue weighted by Crippen LogP contribution is 2.13. The van der Waals surface area contributed by atoms with Crippen LogP contribution >= 0.6 is 0 Å². The first-order valence-corrected chi connectivity index (χ1v) is 13.3. The zero-order chi connectivity index (χ0) is 24.2. The molecule has 0 radical (unpaired) electrons. The fourth-order valence-corrected chi connectivity index (χ4v) is 4.10.